The summed E-state index contributed by atoms with van der Waals surface area (Å²) in [6.45, 7) is -0.517. The van der Waals surface area contributed by atoms with Crippen molar-refractivity contribution >= 4 is 29.3 Å². The number of benzene rings is 3. The molecule has 7 nitrogen and oxygen atoms in total. The SMILES string of the molecule is CCOc1ccc(NC(=O)c2ccc(NC(=O)C=Cc3ccc(OC(F)F)c(OC)c3)cc2)cc1. The first-order valence-electron chi connectivity index (χ1n) is 10.6. The summed E-state index contributed by atoms with van der Waals surface area (Å²) in [5.41, 5.74) is 2.10. The Hall–Kier alpha value is -4.40. The third kappa shape index (κ3) is 7.56. The van der Waals surface area contributed by atoms with Crippen LogP contribution < -0.4 is 24.8 Å². The normalized spacial score (nSPS) is 10.8. The summed E-state index contributed by atoms with van der Waals surface area (Å²) >= 11 is 0. The van der Waals surface area contributed by atoms with E-state index in [1.165, 1.54) is 37.5 Å². The number of ether oxygens (including phenoxy) is 3. The molecule has 0 fully saturated rings. The standard InChI is InChI=1S/C26H24F2N2O5/c1-3-34-21-12-10-20(11-13-21)30-25(32)18-6-8-19(9-7-18)29-24(31)15-5-17-4-14-22(35-26(27)28)23(16-17)33-2/h4-16,26H,3H2,1-2H3,(H,29,31)(H,30,32). The number of alkyl halides is 2. The van der Waals surface area contributed by atoms with Crippen molar-refractivity contribution in [1.29, 1.82) is 0 Å². The number of anilines is 2. The summed E-state index contributed by atoms with van der Waals surface area (Å²) in [4.78, 5) is 24.7. The molecule has 0 aliphatic rings. The molecule has 35 heavy (non-hydrogen) atoms. The fourth-order valence-electron chi connectivity index (χ4n) is 3.05. The van der Waals surface area contributed by atoms with Crippen molar-refractivity contribution in [3.05, 3.63) is 83.9 Å². The quantitative estimate of drug-likeness (QED) is 0.368. The number of methoxy groups -OCH3 is 1. The lowest BCUT2D eigenvalue weighted by Gasteiger charge is -2.10. The lowest BCUT2D eigenvalue weighted by molar-refractivity contribution is -0.111. The van der Waals surface area contributed by atoms with Crippen LogP contribution >= 0.6 is 0 Å². The van der Waals surface area contributed by atoms with E-state index < -0.39 is 12.5 Å². The summed E-state index contributed by atoms with van der Waals surface area (Å²) in [5.74, 6) is 0.0304. The van der Waals surface area contributed by atoms with Gasteiger partial charge in [-0.05, 0) is 79.2 Å². The van der Waals surface area contributed by atoms with Gasteiger partial charge in [0, 0.05) is 23.0 Å². The van der Waals surface area contributed by atoms with Crippen LogP contribution in [0.25, 0.3) is 6.08 Å². The average Bonchev–Trinajstić information content (AvgIpc) is 2.85. The highest BCUT2D eigenvalue weighted by molar-refractivity contribution is 6.05. The van der Waals surface area contributed by atoms with Crippen LogP contribution in [0, 0.1) is 0 Å². The van der Waals surface area contributed by atoms with Crippen molar-refractivity contribution in [2.24, 2.45) is 0 Å². The van der Waals surface area contributed by atoms with Gasteiger partial charge in [0.15, 0.2) is 11.5 Å². The highest BCUT2D eigenvalue weighted by atomic mass is 19.3. The highest BCUT2D eigenvalue weighted by Crippen LogP contribution is 2.29. The predicted molar refractivity (Wildman–Crippen MR) is 129 cm³/mol. The molecule has 0 atom stereocenters. The molecule has 0 saturated carbocycles. The molecule has 0 heterocycles. The first-order chi connectivity index (χ1) is 16.9. The molecule has 3 aromatic carbocycles. The van der Waals surface area contributed by atoms with Crippen molar-refractivity contribution in [2.75, 3.05) is 24.4 Å². The second-order valence-corrected chi connectivity index (χ2v) is 7.10. The van der Waals surface area contributed by atoms with E-state index in [2.05, 4.69) is 15.4 Å². The maximum absolute atomic E-state index is 12.5. The van der Waals surface area contributed by atoms with Gasteiger partial charge in [0.2, 0.25) is 5.91 Å². The first kappa shape index (κ1) is 25.2. The number of hydrogen-bond donors (Lipinski definition) is 2. The Bertz CT molecular complexity index is 1180. The second kappa shape index (κ2) is 12.2. The first-order valence-corrected chi connectivity index (χ1v) is 10.6. The van der Waals surface area contributed by atoms with Crippen LogP contribution in [0.15, 0.2) is 72.8 Å². The molecule has 3 rings (SSSR count). The third-order valence-electron chi connectivity index (χ3n) is 4.67. The molecule has 0 spiro atoms. The molecule has 0 aliphatic carbocycles. The van der Waals surface area contributed by atoms with E-state index in [-0.39, 0.29) is 17.4 Å². The van der Waals surface area contributed by atoms with Crippen LogP contribution in [0.1, 0.15) is 22.8 Å². The Kier molecular flexibility index (Phi) is 8.77. The van der Waals surface area contributed by atoms with Gasteiger partial charge >= 0.3 is 6.61 Å². The Morgan fingerprint density at radius 1 is 0.914 bits per heavy atom. The molecule has 0 aromatic heterocycles. The summed E-state index contributed by atoms with van der Waals surface area (Å²) in [6, 6.07) is 17.8. The highest BCUT2D eigenvalue weighted by Gasteiger charge is 2.11. The van der Waals surface area contributed by atoms with Crippen molar-refractivity contribution in [3.8, 4) is 17.2 Å². The molecule has 2 amide bonds. The summed E-state index contributed by atoms with van der Waals surface area (Å²) in [5, 5.41) is 5.48. The van der Waals surface area contributed by atoms with Crippen LogP contribution in [-0.2, 0) is 4.79 Å². The summed E-state index contributed by atoms with van der Waals surface area (Å²) < 4.78 is 39.7. The molecule has 0 bridgehead atoms. The van der Waals surface area contributed by atoms with E-state index in [1.54, 1.807) is 48.5 Å². The molecular weight excluding hydrogens is 458 g/mol. The molecule has 2 N–H and O–H groups in total. The zero-order valence-electron chi connectivity index (χ0n) is 19.1. The number of carbonyl (C=O) groups excluding carboxylic acids is 2. The Morgan fingerprint density at radius 3 is 2.20 bits per heavy atom. The monoisotopic (exact) mass is 482 g/mol. The van der Waals surface area contributed by atoms with Gasteiger partial charge < -0.3 is 24.8 Å². The fourth-order valence-corrected chi connectivity index (χ4v) is 3.05. The van der Waals surface area contributed by atoms with Crippen molar-refractivity contribution in [3.63, 3.8) is 0 Å². The lowest BCUT2D eigenvalue weighted by Crippen LogP contribution is -2.12. The van der Waals surface area contributed by atoms with E-state index in [0.717, 1.165) is 5.75 Å². The fraction of sp³-hybridized carbons (Fsp3) is 0.154. The number of nitrogens with one attached hydrogen (secondary N) is 2. The molecular formula is C26H24F2N2O5. The van der Waals surface area contributed by atoms with Crippen molar-refractivity contribution in [1.82, 2.24) is 0 Å². The minimum atomic E-state index is -2.97. The third-order valence-corrected chi connectivity index (χ3v) is 4.67. The van der Waals surface area contributed by atoms with Crippen LogP contribution in [0.3, 0.4) is 0 Å². The van der Waals surface area contributed by atoms with Gasteiger partial charge in [-0.1, -0.05) is 6.07 Å². The zero-order chi connectivity index (χ0) is 25.2. The largest absolute Gasteiger partial charge is 0.494 e. The molecule has 0 saturated heterocycles. The predicted octanol–water partition coefficient (Wildman–Crippen LogP) is 5.60. The van der Waals surface area contributed by atoms with E-state index in [0.29, 0.717) is 29.1 Å². The maximum Gasteiger partial charge on any atom is 0.387 e. The number of hydrogen-bond acceptors (Lipinski definition) is 5. The minimum Gasteiger partial charge on any atom is -0.494 e. The minimum absolute atomic E-state index is 0.101. The average molecular weight is 482 g/mol. The van der Waals surface area contributed by atoms with Crippen LogP contribution in [0.5, 0.6) is 17.2 Å². The number of rotatable bonds is 10. The van der Waals surface area contributed by atoms with Crippen molar-refractivity contribution < 1.29 is 32.6 Å². The Morgan fingerprint density at radius 2 is 1.57 bits per heavy atom. The van der Waals surface area contributed by atoms with Crippen LogP contribution in [0.2, 0.25) is 0 Å². The molecule has 0 aliphatic heterocycles. The lowest BCUT2D eigenvalue weighted by atomic mass is 10.1. The molecule has 3 aromatic rings. The van der Waals surface area contributed by atoms with E-state index in [1.807, 2.05) is 6.92 Å². The van der Waals surface area contributed by atoms with Gasteiger partial charge in [0.25, 0.3) is 5.91 Å². The number of amides is 2. The summed E-state index contributed by atoms with van der Waals surface area (Å²) in [6.07, 6.45) is 2.79. The zero-order valence-corrected chi connectivity index (χ0v) is 19.1. The number of halogens is 2. The molecule has 0 unspecified atom stereocenters. The topological polar surface area (TPSA) is 85.9 Å². The van der Waals surface area contributed by atoms with Crippen LogP contribution in [-0.4, -0.2) is 32.1 Å². The van der Waals surface area contributed by atoms with Gasteiger partial charge in [0.1, 0.15) is 5.75 Å². The maximum atomic E-state index is 12.5. The van der Waals surface area contributed by atoms with Gasteiger partial charge in [0.05, 0.1) is 13.7 Å². The molecule has 182 valence electrons. The van der Waals surface area contributed by atoms with E-state index in [4.69, 9.17) is 9.47 Å². The Balaban J connectivity index is 1.56. The van der Waals surface area contributed by atoms with E-state index in [9.17, 15) is 18.4 Å². The molecule has 0 radical (unpaired) electrons. The van der Waals surface area contributed by atoms with E-state index >= 15 is 0 Å². The van der Waals surface area contributed by atoms with Crippen LogP contribution in [0.4, 0.5) is 20.2 Å². The summed E-state index contributed by atoms with van der Waals surface area (Å²) in [7, 11) is 1.33. The van der Waals surface area contributed by atoms with Gasteiger partial charge in [-0.25, -0.2) is 0 Å². The second-order valence-electron chi connectivity index (χ2n) is 7.10. The van der Waals surface area contributed by atoms with Crippen molar-refractivity contribution in [2.45, 2.75) is 13.5 Å². The van der Waals surface area contributed by atoms with Gasteiger partial charge in [-0.3, -0.25) is 9.59 Å². The Labute approximate surface area is 201 Å². The number of carbonyl (C=O) groups is 2. The molecule has 9 heteroatoms. The van der Waals surface area contributed by atoms with Gasteiger partial charge in [-0.2, -0.15) is 8.78 Å². The smallest absolute Gasteiger partial charge is 0.387 e. The van der Waals surface area contributed by atoms with Gasteiger partial charge in [-0.15, -0.1) is 0 Å².